The first-order valence-electron chi connectivity index (χ1n) is 12.9. The third-order valence-corrected chi connectivity index (χ3v) is 10.7. The number of non-ortho nitro benzene ring substituents is 1. The number of nitro groups is 1. The molecule has 10 nitrogen and oxygen atoms in total. The highest BCUT2D eigenvalue weighted by molar-refractivity contribution is 8.00. The van der Waals surface area contributed by atoms with Gasteiger partial charge in [0.25, 0.3) is 5.69 Å². The zero-order valence-corrected chi connectivity index (χ0v) is 25.3. The molecule has 4 aromatic rings. The van der Waals surface area contributed by atoms with Crippen molar-refractivity contribution < 1.29 is 19.3 Å². The normalized spacial score (nSPS) is 19.2. The Labute approximate surface area is 262 Å². The summed E-state index contributed by atoms with van der Waals surface area (Å²) in [5.74, 6) is -3.28. The van der Waals surface area contributed by atoms with Gasteiger partial charge in [-0.1, -0.05) is 70.6 Å². The molecule has 1 saturated heterocycles. The van der Waals surface area contributed by atoms with Crippen molar-refractivity contribution in [3.8, 4) is 0 Å². The van der Waals surface area contributed by atoms with Crippen LogP contribution in [0, 0.1) is 23.0 Å². The first-order chi connectivity index (χ1) is 20.5. The standard InChI is InChI=1S/C29H20Cl2N4O6S2/c1-14-4-2-5-15(12-14)32-20(36)13-33-28-25(43-29(33)39)21(18-6-3-7-19(30)23(18)31)22-24(42-28)27(38)34(26(22)37)16-8-10-17(11-9-16)35(40)41/h2-12,21-22,24H,13H2,1H3,(H,32,36). The van der Waals surface area contributed by atoms with Crippen LogP contribution in [-0.2, 0) is 20.9 Å². The van der Waals surface area contributed by atoms with E-state index in [-0.39, 0.29) is 28.0 Å². The van der Waals surface area contributed by atoms with Gasteiger partial charge in [-0.05, 0) is 48.4 Å². The SMILES string of the molecule is Cc1cccc(NC(=O)Cn2c3c(sc2=O)C(c2cccc(Cl)c2Cl)C2C(=O)N(c4ccc([N+](=O)[O-])cc4)C(=O)C2S3)c1. The summed E-state index contributed by atoms with van der Waals surface area (Å²) >= 11 is 14.9. The Balaban J connectivity index is 1.43. The van der Waals surface area contributed by atoms with Gasteiger partial charge in [0.05, 0.1) is 31.6 Å². The maximum absolute atomic E-state index is 14.0. The summed E-state index contributed by atoms with van der Waals surface area (Å²) in [5.41, 5.74) is 2.00. The molecule has 0 bridgehead atoms. The molecule has 3 heterocycles. The molecule has 0 aliphatic carbocycles. The number of anilines is 2. The molecular weight excluding hydrogens is 635 g/mol. The Hall–Kier alpha value is -3.97. The molecule has 3 atom stereocenters. The third-order valence-electron chi connectivity index (χ3n) is 7.29. The molecule has 3 amide bonds. The number of aromatic nitrogens is 1. The molecule has 218 valence electrons. The monoisotopic (exact) mass is 654 g/mol. The Morgan fingerprint density at radius 3 is 2.44 bits per heavy atom. The van der Waals surface area contributed by atoms with Crippen molar-refractivity contribution in [3.05, 3.63) is 113 Å². The maximum Gasteiger partial charge on any atom is 0.308 e. The number of nitrogens with zero attached hydrogens (tertiary/aromatic N) is 3. The first-order valence-corrected chi connectivity index (χ1v) is 15.3. The number of nitro benzene ring substituents is 1. The van der Waals surface area contributed by atoms with E-state index >= 15 is 0 Å². The number of imide groups is 1. The predicted molar refractivity (Wildman–Crippen MR) is 165 cm³/mol. The molecule has 6 rings (SSSR count). The summed E-state index contributed by atoms with van der Waals surface area (Å²) < 4.78 is 1.31. The lowest BCUT2D eigenvalue weighted by atomic mass is 9.83. The number of thiazole rings is 1. The number of benzene rings is 3. The number of hydrogen-bond acceptors (Lipinski definition) is 8. The van der Waals surface area contributed by atoms with Gasteiger partial charge in [-0.3, -0.25) is 33.9 Å². The van der Waals surface area contributed by atoms with Crippen LogP contribution >= 0.6 is 46.3 Å². The van der Waals surface area contributed by atoms with E-state index in [1.54, 1.807) is 36.4 Å². The minimum atomic E-state index is -0.963. The van der Waals surface area contributed by atoms with Gasteiger partial charge in [-0.25, -0.2) is 4.90 Å². The van der Waals surface area contributed by atoms with E-state index in [0.717, 1.165) is 33.6 Å². The summed E-state index contributed by atoms with van der Waals surface area (Å²) in [4.78, 5) is 65.9. The van der Waals surface area contributed by atoms with Crippen LogP contribution < -0.4 is 15.1 Å². The lowest BCUT2D eigenvalue weighted by Crippen LogP contribution is -2.33. The van der Waals surface area contributed by atoms with Gasteiger partial charge in [0.2, 0.25) is 17.7 Å². The molecule has 3 aromatic carbocycles. The number of amides is 3. The zero-order valence-electron chi connectivity index (χ0n) is 22.2. The van der Waals surface area contributed by atoms with Crippen LogP contribution in [0.25, 0.3) is 0 Å². The van der Waals surface area contributed by atoms with Crippen molar-refractivity contribution in [2.75, 3.05) is 10.2 Å². The molecule has 2 aliphatic heterocycles. The zero-order chi connectivity index (χ0) is 30.6. The van der Waals surface area contributed by atoms with Gasteiger partial charge < -0.3 is 5.32 Å². The second kappa shape index (κ2) is 11.3. The number of carbonyl (C=O) groups excluding carboxylic acids is 3. The van der Waals surface area contributed by atoms with Gasteiger partial charge in [-0.2, -0.15) is 0 Å². The second-order valence-corrected chi connectivity index (χ2v) is 12.9. The lowest BCUT2D eigenvalue weighted by molar-refractivity contribution is -0.384. The van der Waals surface area contributed by atoms with Crippen LogP contribution in [0.2, 0.25) is 10.0 Å². The number of halogens is 2. The van der Waals surface area contributed by atoms with Gasteiger partial charge in [-0.15, -0.1) is 0 Å². The summed E-state index contributed by atoms with van der Waals surface area (Å²) in [7, 11) is 0. The van der Waals surface area contributed by atoms with E-state index in [1.807, 2.05) is 13.0 Å². The molecule has 1 fully saturated rings. The molecule has 14 heteroatoms. The Morgan fingerprint density at radius 1 is 1.02 bits per heavy atom. The van der Waals surface area contributed by atoms with Crippen molar-refractivity contribution in [2.24, 2.45) is 5.92 Å². The van der Waals surface area contributed by atoms with Crippen molar-refractivity contribution in [1.29, 1.82) is 0 Å². The number of carbonyl (C=O) groups is 3. The van der Waals surface area contributed by atoms with Crippen LogP contribution in [0.4, 0.5) is 17.1 Å². The summed E-state index contributed by atoms with van der Waals surface area (Å²) in [6.45, 7) is 1.58. The van der Waals surface area contributed by atoms with Crippen molar-refractivity contribution in [3.63, 3.8) is 0 Å². The summed E-state index contributed by atoms with van der Waals surface area (Å²) in [5, 5.41) is 13.8. The molecule has 2 aliphatic rings. The predicted octanol–water partition coefficient (Wildman–Crippen LogP) is 5.87. The minimum Gasteiger partial charge on any atom is -0.325 e. The molecule has 0 spiro atoms. The van der Waals surface area contributed by atoms with Gasteiger partial charge in [0.15, 0.2) is 0 Å². The van der Waals surface area contributed by atoms with E-state index in [4.69, 9.17) is 23.2 Å². The minimum absolute atomic E-state index is 0.185. The molecule has 3 unspecified atom stereocenters. The van der Waals surface area contributed by atoms with Gasteiger partial charge in [0.1, 0.15) is 11.8 Å². The summed E-state index contributed by atoms with van der Waals surface area (Å²) in [6, 6.07) is 17.3. The quantitative estimate of drug-likeness (QED) is 0.156. The Morgan fingerprint density at radius 2 is 1.74 bits per heavy atom. The fourth-order valence-corrected chi connectivity index (χ4v) is 8.59. The number of aryl methyl sites for hydroxylation is 1. The molecule has 1 N–H and O–H groups in total. The van der Waals surface area contributed by atoms with Crippen molar-refractivity contribution in [1.82, 2.24) is 4.57 Å². The third kappa shape index (κ3) is 5.14. The highest BCUT2D eigenvalue weighted by Crippen LogP contribution is 2.55. The van der Waals surface area contributed by atoms with E-state index in [2.05, 4.69) is 5.32 Å². The van der Waals surface area contributed by atoms with E-state index in [1.165, 1.54) is 28.8 Å². The highest BCUT2D eigenvalue weighted by Gasteiger charge is 2.57. The van der Waals surface area contributed by atoms with Crippen LogP contribution in [0.15, 0.2) is 76.6 Å². The Kier molecular flexibility index (Phi) is 7.63. The van der Waals surface area contributed by atoms with Crippen LogP contribution in [-0.4, -0.2) is 32.5 Å². The number of nitrogens with one attached hydrogen (secondary N) is 1. The molecule has 1 aromatic heterocycles. The van der Waals surface area contributed by atoms with E-state index < -0.39 is 44.6 Å². The molecule has 0 saturated carbocycles. The Bertz CT molecular complexity index is 1890. The van der Waals surface area contributed by atoms with Crippen LogP contribution in [0.1, 0.15) is 21.9 Å². The second-order valence-electron chi connectivity index (χ2n) is 10.0. The number of thioether (sulfide) groups is 1. The number of fused-ring (bicyclic) bond motifs is 2. The first kappa shape index (κ1) is 29.1. The summed E-state index contributed by atoms with van der Waals surface area (Å²) in [6.07, 6.45) is 0. The number of hydrogen-bond donors (Lipinski definition) is 1. The van der Waals surface area contributed by atoms with Crippen molar-refractivity contribution >= 4 is 81.1 Å². The largest absolute Gasteiger partial charge is 0.325 e. The topological polar surface area (TPSA) is 132 Å². The van der Waals surface area contributed by atoms with E-state index in [0.29, 0.717) is 21.2 Å². The van der Waals surface area contributed by atoms with Gasteiger partial charge in [0, 0.05) is 28.6 Å². The average Bonchev–Trinajstić information content (AvgIpc) is 3.41. The highest BCUT2D eigenvalue weighted by atomic mass is 35.5. The molecule has 43 heavy (non-hydrogen) atoms. The molecule has 0 radical (unpaired) electrons. The lowest BCUT2D eigenvalue weighted by Gasteiger charge is -2.31. The maximum atomic E-state index is 14.0. The van der Waals surface area contributed by atoms with Crippen LogP contribution in [0.3, 0.4) is 0 Å². The average molecular weight is 656 g/mol. The smallest absolute Gasteiger partial charge is 0.308 e. The van der Waals surface area contributed by atoms with E-state index in [9.17, 15) is 29.3 Å². The molecular formula is C29H20Cl2N4O6S2. The number of rotatable bonds is 6. The van der Waals surface area contributed by atoms with Gasteiger partial charge >= 0.3 is 4.87 Å². The fourth-order valence-electron chi connectivity index (χ4n) is 5.40. The fraction of sp³-hybridized carbons (Fsp3) is 0.172. The van der Waals surface area contributed by atoms with Crippen molar-refractivity contribution in [2.45, 2.75) is 29.7 Å². The van der Waals surface area contributed by atoms with Crippen LogP contribution in [0.5, 0.6) is 0 Å².